The van der Waals surface area contributed by atoms with Crippen LogP contribution < -0.4 is 14.8 Å². The van der Waals surface area contributed by atoms with Crippen molar-refractivity contribution in [3.8, 4) is 11.5 Å². The number of aryl methyl sites for hydroxylation is 1. The van der Waals surface area contributed by atoms with Crippen LogP contribution in [0.15, 0.2) is 53.2 Å². The van der Waals surface area contributed by atoms with E-state index in [0.29, 0.717) is 41.9 Å². The van der Waals surface area contributed by atoms with E-state index in [4.69, 9.17) is 21.1 Å². The summed E-state index contributed by atoms with van der Waals surface area (Å²) in [5, 5.41) is 3.53. The van der Waals surface area contributed by atoms with Crippen molar-refractivity contribution in [2.45, 2.75) is 12.8 Å². The maximum absolute atomic E-state index is 12.2. The first-order valence-electron chi connectivity index (χ1n) is 8.42. The van der Waals surface area contributed by atoms with Crippen molar-refractivity contribution in [1.82, 2.24) is 5.32 Å². The fourth-order valence-corrected chi connectivity index (χ4v) is 3.11. The second kappa shape index (κ2) is 7.22. The zero-order valence-corrected chi connectivity index (χ0v) is 14.8. The van der Waals surface area contributed by atoms with Crippen molar-refractivity contribution in [1.29, 1.82) is 0 Å². The van der Waals surface area contributed by atoms with Crippen LogP contribution in [-0.2, 0) is 11.2 Å². The van der Waals surface area contributed by atoms with Gasteiger partial charge in [-0.2, -0.15) is 0 Å². The van der Waals surface area contributed by atoms with E-state index < -0.39 is 0 Å². The summed E-state index contributed by atoms with van der Waals surface area (Å²) in [5.41, 5.74) is 2.35. The molecule has 0 aromatic heterocycles. The standard InChI is InChI=1S/C20H17ClN2O3/c21-15-3-1-2-13(10-15)5-7-19-22-16(20(24)23-19)11-14-4-6-17-18(12-14)26-9-8-25-17/h1-4,6,10-12H,5,7-9H2,(H,22,23,24)/b16-11+. The molecule has 132 valence electrons. The van der Waals surface area contributed by atoms with E-state index in [0.717, 1.165) is 23.3 Å². The maximum Gasteiger partial charge on any atom is 0.275 e. The quantitative estimate of drug-likeness (QED) is 0.838. The molecule has 2 aromatic carbocycles. The van der Waals surface area contributed by atoms with Crippen LogP contribution in [0.2, 0.25) is 5.02 Å². The lowest BCUT2D eigenvalue weighted by atomic mass is 10.1. The van der Waals surface area contributed by atoms with E-state index in [2.05, 4.69) is 10.3 Å². The van der Waals surface area contributed by atoms with Crippen LogP contribution in [0.1, 0.15) is 17.5 Å². The normalized spacial score (nSPS) is 17.2. The minimum atomic E-state index is -0.194. The molecule has 0 aliphatic carbocycles. The summed E-state index contributed by atoms with van der Waals surface area (Å²) in [6, 6.07) is 13.3. The van der Waals surface area contributed by atoms with E-state index >= 15 is 0 Å². The van der Waals surface area contributed by atoms with Gasteiger partial charge in [-0.3, -0.25) is 4.79 Å². The highest BCUT2D eigenvalue weighted by Crippen LogP contribution is 2.31. The lowest BCUT2D eigenvalue weighted by Crippen LogP contribution is -2.24. The molecule has 0 spiro atoms. The molecule has 0 radical (unpaired) electrons. The predicted molar refractivity (Wildman–Crippen MR) is 101 cm³/mol. The Morgan fingerprint density at radius 1 is 1.08 bits per heavy atom. The highest BCUT2D eigenvalue weighted by molar-refractivity contribution is 6.30. The number of hydrogen-bond donors (Lipinski definition) is 1. The van der Waals surface area contributed by atoms with E-state index in [1.165, 1.54) is 0 Å². The monoisotopic (exact) mass is 368 g/mol. The Balaban J connectivity index is 1.48. The molecule has 5 nitrogen and oxygen atoms in total. The van der Waals surface area contributed by atoms with Gasteiger partial charge in [0, 0.05) is 11.4 Å². The Bertz CT molecular complexity index is 921. The first-order valence-corrected chi connectivity index (χ1v) is 8.80. The Morgan fingerprint density at radius 3 is 2.77 bits per heavy atom. The van der Waals surface area contributed by atoms with Gasteiger partial charge in [-0.25, -0.2) is 4.99 Å². The number of amides is 1. The Labute approximate surface area is 156 Å². The van der Waals surface area contributed by atoms with Crippen LogP contribution in [0.25, 0.3) is 6.08 Å². The van der Waals surface area contributed by atoms with Gasteiger partial charge in [0.05, 0.1) is 0 Å². The van der Waals surface area contributed by atoms with Gasteiger partial charge in [0.1, 0.15) is 24.7 Å². The molecular formula is C20H17ClN2O3. The Kier molecular flexibility index (Phi) is 4.63. The Hall–Kier alpha value is -2.79. The largest absolute Gasteiger partial charge is 0.486 e. The average Bonchev–Trinajstić information content (AvgIpc) is 2.99. The smallest absolute Gasteiger partial charge is 0.275 e. The molecule has 0 atom stereocenters. The average molecular weight is 369 g/mol. The topological polar surface area (TPSA) is 59.9 Å². The molecule has 0 saturated heterocycles. The van der Waals surface area contributed by atoms with Gasteiger partial charge in [0.15, 0.2) is 11.5 Å². The zero-order chi connectivity index (χ0) is 17.9. The molecule has 6 heteroatoms. The molecule has 4 rings (SSSR count). The van der Waals surface area contributed by atoms with Crippen molar-refractivity contribution in [3.63, 3.8) is 0 Å². The van der Waals surface area contributed by atoms with E-state index in [1.54, 1.807) is 6.08 Å². The second-order valence-corrected chi connectivity index (χ2v) is 6.51. The summed E-state index contributed by atoms with van der Waals surface area (Å²) in [7, 11) is 0. The van der Waals surface area contributed by atoms with E-state index in [-0.39, 0.29) is 5.91 Å². The van der Waals surface area contributed by atoms with Crippen molar-refractivity contribution in [2.75, 3.05) is 13.2 Å². The Morgan fingerprint density at radius 2 is 1.92 bits per heavy atom. The third-order valence-electron chi connectivity index (χ3n) is 4.15. The van der Waals surface area contributed by atoms with Gasteiger partial charge in [0.25, 0.3) is 5.91 Å². The number of fused-ring (bicyclic) bond motifs is 1. The molecule has 0 bridgehead atoms. The SMILES string of the molecule is O=C1NC(CCc2cccc(Cl)c2)=N/C1=C/c1ccc2c(c1)OCCO2. The molecule has 1 N–H and O–H groups in total. The molecule has 26 heavy (non-hydrogen) atoms. The molecule has 0 unspecified atom stereocenters. The molecule has 0 saturated carbocycles. The van der Waals surface area contributed by atoms with Crippen LogP contribution in [0, 0.1) is 0 Å². The van der Waals surface area contributed by atoms with Crippen molar-refractivity contribution in [3.05, 3.63) is 64.3 Å². The second-order valence-electron chi connectivity index (χ2n) is 6.08. The minimum Gasteiger partial charge on any atom is -0.486 e. The number of ether oxygens (including phenoxy) is 2. The first-order chi connectivity index (χ1) is 12.7. The number of halogens is 1. The van der Waals surface area contributed by atoms with Crippen molar-refractivity contribution >= 4 is 29.4 Å². The van der Waals surface area contributed by atoms with Gasteiger partial charge >= 0.3 is 0 Å². The third-order valence-corrected chi connectivity index (χ3v) is 4.39. The van der Waals surface area contributed by atoms with Crippen molar-refractivity contribution in [2.24, 2.45) is 4.99 Å². The maximum atomic E-state index is 12.2. The minimum absolute atomic E-state index is 0.194. The summed E-state index contributed by atoms with van der Waals surface area (Å²) < 4.78 is 11.1. The molecule has 2 heterocycles. The van der Waals surface area contributed by atoms with Crippen molar-refractivity contribution < 1.29 is 14.3 Å². The summed E-state index contributed by atoms with van der Waals surface area (Å²) in [5.74, 6) is 1.88. The fourth-order valence-electron chi connectivity index (χ4n) is 2.90. The van der Waals surface area contributed by atoms with Gasteiger partial charge in [-0.1, -0.05) is 29.8 Å². The number of nitrogens with zero attached hydrogens (tertiary/aromatic N) is 1. The number of amidine groups is 1. The van der Waals surface area contributed by atoms with Gasteiger partial charge in [-0.05, 0) is 47.9 Å². The number of carbonyl (C=O) groups is 1. The number of nitrogens with one attached hydrogen (secondary N) is 1. The summed E-state index contributed by atoms with van der Waals surface area (Å²) in [4.78, 5) is 16.6. The van der Waals surface area contributed by atoms with Crippen LogP contribution in [0.4, 0.5) is 0 Å². The summed E-state index contributed by atoms with van der Waals surface area (Å²) >= 11 is 6.00. The number of benzene rings is 2. The van der Waals surface area contributed by atoms with Gasteiger partial charge in [0.2, 0.25) is 0 Å². The molecule has 1 amide bonds. The van der Waals surface area contributed by atoms with Gasteiger partial charge in [-0.15, -0.1) is 0 Å². The lowest BCUT2D eigenvalue weighted by Gasteiger charge is -2.18. The summed E-state index contributed by atoms with van der Waals surface area (Å²) in [6.07, 6.45) is 3.15. The molecule has 2 aromatic rings. The highest BCUT2D eigenvalue weighted by atomic mass is 35.5. The zero-order valence-electron chi connectivity index (χ0n) is 14.0. The van der Waals surface area contributed by atoms with Crippen LogP contribution in [0.5, 0.6) is 11.5 Å². The fraction of sp³-hybridized carbons (Fsp3) is 0.200. The lowest BCUT2D eigenvalue weighted by molar-refractivity contribution is -0.115. The third kappa shape index (κ3) is 3.73. The number of rotatable bonds is 4. The first kappa shape index (κ1) is 16.7. The molecule has 2 aliphatic rings. The van der Waals surface area contributed by atoms with E-state index in [9.17, 15) is 4.79 Å². The van der Waals surface area contributed by atoms with Gasteiger partial charge < -0.3 is 14.8 Å². The predicted octanol–water partition coefficient (Wildman–Crippen LogP) is 3.61. The van der Waals surface area contributed by atoms with E-state index in [1.807, 2.05) is 42.5 Å². The van der Waals surface area contributed by atoms with Crippen LogP contribution in [-0.4, -0.2) is 25.0 Å². The molecule has 2 aliphatic heterocycles. The molecular weight excluding hydrogens is 352 g/mol. The van der Waals surface area contributed by atoms with Crippen LogP contribution in [0.3, 0.4) is 0 Å². The van der Waals surface area contributed by atoms with Crippen LogP contribution >= 0.6 is 11.6 Å². The number of carbonyl (C=O) groups excluding carboxylic acids is 1. The molecule has 0 fully saturated rings. The summed E-state index contributed by atoms with van der Waals surface area (Å²) in [6.45, 7) is 1.08. The number of aliphatic imine (C=N–C) groups is 1. The highest BCUT2D eigenvalue weighted by Gasteiger charge is 2.20. The number of hydrogen-bond acceptors (Lipinski definition) is 4.